The summed E-state index contributed by atoms with van der Waals surface area (Å²) in [6.07, 6.45) is 1.21. The van der Waals surface area contributed by atoms with E-state index in [9.17, 15) is 0 Å². The van der Waals surface area contributed by atoms with Gasteiger partial charge in [-0.15, -0.1) is 0 Å². The second-order valence-corrected chi connectivity index (χ2v) is 5.68. The van der Waals surface area contributed by atoms with Crippen molar-refractivity contribution in [3.8, 4) is 5.75 Å². The number of rotatable bonds is 2. The molecule has 76 valence electrons. The Balaban J connectivity index is 2.35. The zero-order chi connectivity index (χ0) is 10.2. The van der Waals surface area contributed by atoms with Crippen LogP contribution in [-0.4, -0.2) is 12.9 Å². The predicted octanol–water partition coefficient (Wildman–Crippen LogP) is 3.70. The third-order valence-electron chi connectivity index (χ3n) is 2.75. The Hall–Kier alpha value is -0.340. The molecule has 2 rings (SSSR count). The van der Waals surface area contributed by atoms with Crippen LogP contribution in [0.2, 0.25) is 5.02 Å². The van der Waals surface area contributed by atoms with Crippen molar-refractivity contribution >= 4 is 23.4 Å². The van der Waals surface area contributed by atoms with Crippen molar-refractivity contribution in [2.24, 2.45) is 0 Å². The van der Waals surface area contributed by atoms with Gasteiger partial charge >= 0.3 is 0 Å². The molecular weight excluding hydrogens is 216 g/mol. The summed E-state index contributed by atoms with van der Waals surface area (Å²) in [4.78, 5) is 0. The molecule has 1 saturated heterocycles. The molecule has 1 atom stereocenters. The van der Waals surface area contributed by atoms with E-state index in [-0.39, 0.29) is 4.75 Å². The molecular formula is C11H13ClOS. The lowest BCUT2D eigenvalue weighted by atomic mass is 9.96. The smallest absolute Gasteiger partial charge is 0.120 e. The quantitative estimate of drug-likeness (QED) is 0.764. The topological polar surface area (TPSA) is 9.23 Å². The molecule has 0 bridgehead atoms. The van der Waals surface area contributed by atoms with E-state index >= 15 is 0 Å². The molecule has 1 nitrogen and oxygen atoms in total. The molecule has 1 unspecified atom stereocenters. The fourth-order valence-electron chi connectivity index (χ4n) is 1.67. The second-order valence-electron chi connectivity index (χ2n) is 3.68. The van der Waals surface area contributed by atoms with Crippen LogP contribution in [0.1, 0.15) is 18.9 Å². The van der Waals surface area contributed by atoms with E-state index in [1.807, 2.05) is 23.9 Å². The molecule has 0 radical (unpaired) electrons. The van der Waals surface area contributed by atoms with Crippen molar-refractivity contribution < 1.29 is 4.74 Å². The van der Waals surface area contributed by atoms with Crippen molar-refractivity contribution in [1.29, 1.82) is 0 Å². The third kappa shape index (κ3) is 1.61. The van der Waals surface area contributed by atoms with Crippen molar-refractivity contribution in [1.82, 2.24) is 0 Å². The first-order valence-electron chi connectivity index (χ1n) is 4.64. The van der Waals surface area contributed by atoms with E-state index in [1.54, 1.807) is 7.11 Å². The Bertz CT molecular complexity index is 347. The van der Waals surface area contributed by atoms with Gasteiger partial charge in [-0.05, 0) is 36.8 Å². The Kier molecular flexibility index (Phi) is 2.67. The molecule has 1 aliphatic heterocycles. The monoisotopic (exact) mass is 228 g/mol. The SMILES string of the molecule is COc1ccc(C2(C)CCS2)c(Cl)c1. The molecule has 0 aliphatic carbocycles. The molecule has 0 N–H and O–H groups in total. The maximum absolute atomic E-state index is 6.21. The summed E-state index contributed by atoms with van der Waals surface area (Å²) in [6, 6.07) is 5.94. The lowest BCUT2D eigenvalue weighted by molar-refractivity contribution is 0.414. The van der Waals surface area contributed by atoms with Crippen molar-refractivity contribution in [3.05, 3.63) is 28.8 Å². The number of hydrogen-bond donors (Lipinski definition) is 0. The van der Waals surface area contributed by atoms with Crippen LogP contribution in [0.25, 0.3) is 0 Å². The minimum Gasteiger partial charge on any atom is -0.497 e. The van der Waals surface area contributed by atoms with Gasteiger partial charge in [0.2, 0.25) is 0 Å². The van der Waals surface area contributed by atoms with E-state index in [0.29, 0.717) is 0 Å². The number of benzene rings is 1. The number of thioether (sulfide) groups is 1. The van der Waals surface area contributed by atoms with Crippen LogP contribution in [0.4, 0.5) is 0 Å². The molecule has 0 spiro atoms. The van der Waals surface area contributed by atoms with Crippen LogP contribution in [0.3, 0.4) is 0 Å². The molecule has 3 heteroatoms. The van der Waals surface area contributed by atoms with Gasteiger partial charge in [0.05, 0.1) is 7.11 Å². The molecule has 1 aromatic rings. The summed E-state index contributed by atoms with van der Waals surface area (Å²) in [5.74, 6) is 2.06. The Morgan fingerprint density at radius 1 is 1.50 bits per heavy atom. The summed E-state index contributed by atoms with van der Waals surface area (Å²) in [5, 5.41) is 0.819. The van der Waals surface area contributed by atoms with Crippen LogP contribution >= 0.6 is 23.4 Å². The standard InChI is InChI=1S/C11H13ClOS/c1-11(5-6-14-11)9-4-3-8(13-2)7-10(9)12/h3-4,7H,5-6H2,1-2H3. The van der Waals surface area contributed by atoms with E-state index < -0.39 is 0 Å². The minimum absolute atomic E-state index is 0.226. The molecule has 1 fully saturated rings. The van der Waals surface area contributed by atoms with E-state index in [1.165, 1.54) is 17.7 Å². The van der Waals surface area contributed by atoms with Crippen LogP contribution in [0.15, 0.2) is 18.2 Å². The van der Waals surface area contributed by atoms with E-state index in [4.69, 9.17) is 16.3 Å². The lowest BCUT2D eigenvalue weighted by Gasteiger charge is -2.38. The van der Waals surface area contributed by atoms with Gasteiger partial charge in [-0.2, -0.15) is 11.8 Å². The van der Waals surface area contributed by atoms with Gasteiger partial charge in [-0.3, -0.25) is 0 Å². The average molecular weight is 229 g/mol. The Morgan fingerprint density at radius 2 is 2.21 bits per heavy atom. The second kappa shape index (κ2) is 3.67. The van der Waals surface area contributed by atoms with Gasteiger partial charge in [0.1, 0.15) is 5.75 Å². The summed E-state index contributed by atoms with van der Waals surface area (Å²) in [7, 11) is 1.66. The first-order chi connectivity index (χ1) is 6.65. The molecule has 0 saturated carbocycles. The third-order valence-corrected chi connectivity index (χ3v) is 4.53. The molecule has 14 heavy (non-hydrogen) atoms. The summed E-state index contributed by atoms with van der Waals surface area (Å²) < 4.78 is 5.35. The number of ether oxygens (including phenoxy) is 1. The van der Waals surface area contributed by atoms with Gasteiger partial charge in [0, 0.05) is 9.77 Å². The van der Waals surface area contributed by atoms with Crippen molar-refractivity contribution in [2.45, 2.75) is 18.1 Å². The van der Waals surface area contributed by atoms with Gasteiger partial charge in [0.15, 0.2) is 0 Å². The Labute approximate surface area is 93.8 Å². The largest absolute Gasteiger partial charge is 0.497 e. The van der Waals surface area contributed by atoms with Crippen LogP contribution in [0, 0.1) is 0 Å². The fraction of sp³-hybridized carbons (Fsp3) is 0.455. The molecule has 1 aliphatic rings. The maximum atomic E-state index is 6.21. The summed E-state index contributed by atoms with van der Waals surface area (Å²) >= 11 is 8.18. The highest BCUT2D eigenvalue weighted by molar-refractivity contribution is 8.01. The van der Waals surface area contributed by atoms with Crippen LogP contribution in [0.5, 0.6) is 5.75 Å². The van der Waals surface area contributed by atoms with Gasteiger partial charge in [0.25, 0.3) is 0 Å². The van der Waals surface area contributed by atoms with Gasteiger partial charge < -0.3 is 4.74 Å². The van der Waals surface area contributed by atoms with Crippen molar-refractivity contribution in [2.75, 3.05) is 12.9 Å². The lowest BCUT2D eigenvalue weighted by Crippen LogP contribution is -2.28. The summed E-state index contributed by atoms with van der Waals surface area (Å²) in [5.41, 5.74) is 1.23. The fourth-order valence-corrected chi connectivity index (χ4v) is 3.26. The maximum Gasteiger partial charge on any atom is 0.120 e. The van der Waals surface area contributed by atoms with Gasteiger partial charge in [-0.25, -0.2) is 0 Å². The van der Waals surface area contributed by atoms with Gasteiger partial charge in [-0.1, -0.05) is 17.7 Å². The Morgan fingerprint density at radius 3 is 2.64 bits per heavy atom. The minimum atomic E-state index is 0.226. The zero-order valence-electron chi connectivity index (χ0n) is 8.34. The van der Waals surface area contributed by atoms with E-state index in [2.05, 4.69) is 13.0 Å². The number of methoxy groups -OCH3 is 1. The van der Waals surface area contributed by atoms with Crippen molar-refractivity contribution in [3.63, 3.8) is 0 Å². The molecule has 0 aromatic heterocycles. The highest BCUT2D eigenvalue weighted by atomic mass is 35.5. The van der Waals surface area contributed by atoms with Crippen LogP contribution < -0.4 is 4.74 Å². The first-order valence-corrected chi connectivity index (χ1v) is 6.00. The average Bonchev–Trinajstić information content (AvgIpc) is 2.14. The summed E-state index contributed by atoms with van der Waals surface area (Å²) in [6.45, 7) is 2.24. The highest BCUT2D eigenvalue weighted by Gasteiger charge is 2.36. The molecule has 0 amide bonds. The molecule has 1 aromatic carbocycles. The van der Waals surface area contributed by atoms with E-state index in [0.717, 1.165) is 10.8 Å². The van der Waals surface area contributed by atoms with Crippen LogP contribution in [-0.2, 0) is 4.75 Å². The normalized spacial score (nSPS) is 25.6. The predicted molar refractivity (Wildman–Crippen MR) is 62.4 cm³/mol. The first kappa shape index (κ1) is 10.2. The zero-order valence-corrected chi connectivity index (χ0v) is 9.91. The number of hydrogen-bond acceptors (Lipinski definition) is 2. The highest BCUT2D eigenvalue weighted by Crippen LogP contribution is 2.51. The molecule has 1 heterocycles. The number of halogens is 1.